The molecule has 0 saturated carbocycles. The summed E-state index contributed by atoms with van der Waals surface area (Å²) in [5, 5.41) is 7.95. The number of hydrogen-bond donors (Lipinski definition) is 1. The lowest BCUT2D eigenvalue weighted by Crippen LogP contribution is -2.38. The van der Waals surface area contributed by atoms with Crippen LogP contribution in [0.2, 0.25) is 0 Å². The molecule has 1 aromatic heterocycles. The molecule has 0 atom stereocenters. The minimum absolute atomic E-state index is 0. The Hall–Kier alpha value is -0.830. The van der Waals surface area contributed by atoms with Crippen molar-refractivity contribution in [2.75, 3.05) is 33.4 Å². The first-order valence-electron chi connectivity index (χ1n) is 9.44. The molecule has 0 aliphatic carbocycles. The molecule has 152 valence electrons. The van der Waals surface area contributed by atoms with Gasteiger partial charge < -0.3 is 15.0 Å². The van der Waals surface area contributed by atoms with E-state index in [4.69, 9.17) is 4.74 Å². The van der Waals surface area contributed by atoms with E-state index in [-0.39, 0.29) is 24.0 Å². The molecule has 1 N–H and O–H groups in total. The molecule has 1 rings (SSSR count). The van der Waals surface area contributed by atoms with Crippen LogP contribution < -0.4 is 5.32 Å². The third-order valence-corrected chi connectivity index (χ3v) is 3.92. The molecular formula is C19H38IN5O. The number of halogens is 1. The van der Waals surface area contributed by atoms with Gasteiger partial charge in [-0.15, -0.1) is 24.0 Å². The number of ether oxygens (including phenoxy) is 1. The van der Waals surface area contributed by atoms with E-state index in [0.29, 0.717) is 25.0 Å². The maximum Gasteiger partial charge on any atom is 0.194 e. The summed E-state index contributed by atoms with van der Waals surface area (Å²) in [5.41, 5.74) is 2.40. The molecule has 1 heterocycles. The van der Waals surface area contributed by atoms with Gasteiger partial charge in [-0.05, 0) is 25.2 Å². The maximum atomic E-state index is 5.66. The first-order valence-corrected chi connectivity index (χ1v) is 9.44. The molecule has 26 heavy (non-hydrogen) atoms. The van der Waals surface area contributed by atoms with E-state index in [0.717, 1.165) is 37.8 Å². The van der Waals surface area contributed by atoms with Gasteiger partial charge in [-0.25, -0.2) is 0 Å². The van der Waals surface area contributed by atoms with Crippen LogP contribution in [0.3, 0.4) is 0 Å². The zero-order chi connectivity index (χ0) is 18.8. The lowest BCUT2D eigenvalue weighted by Gasteiger charge is -2.22. The Kier molecular flexibility index (Phi) is 12.9. The Balaban J connectivity index is 0.00000625. The molecule has 0 aliphatic rings. The van der Waals surface area contributed by atoms with Gasteiger partial charge in [-0.3, -0.25) is 9.67 Å². The van der Waals surface area contributed by atoms with Crippen LogP contribution >= 0.6 is 24.0 Å². The fourth-order valence-electron chi connectivity index (χ4n) is 2.60. The van der Waals surface area contributed by atoms with Gasteiger partial charge in [0.05, 0.1) is 18.8 Å². The van der Waals surface area contributed by atoms with Gasteiger partial charge in [0.15, 0.2) is 5.96 Å². The lowest BCUT2D eigenvalue weighted by atomic mass is 10.1. The summed E-state index contributed by atoms with van der Waals surface area (Å²) in [6.45, 7) is 14.7. The molecule has 0 bridgehead atoms. The highest BCUT2D eigenvalue weighted by molar-refractivity contribution is 14.0. The topological polar surface area (TPSA) is 54.7 Å². The summed E-state index contributed by atoms with van der Waals surface area (Å²) < 4.78 is 7.55. The van der Waals surface area contributed by atoms with E-state index in [1.807, 2.05) is 11.7 Å². The molecule has 0 amide bonds. The number of nitrogens with one attached hydrogen (secondary N) is 1. The largest absolute Gasteiger partial charge is 0.380 e. The molecule has 6 nitrogen and oxygen atoms in total. The Bertz CT molecular complexity index is 528. The van der Waals surface area contributed by atoms with Crippen molar-refractivity contribution in [2.45, 2.75) is 53.5 Å². The van der Waals surface area contributed by atoms with Crippen molar-refractivity contribution in [3.8, 4) is 0 Å². The molecule has 0 unspecified atom stereocenters. The Morgan fingerprint density at radius 1 is 1.31 bits per heavy atom. The highest BCUT2D eigenvalue weighted by Gasteiger charge is 2.15. The summed E-state index contributed by atoms with van der Waals surface area (Å²) in [7, 11) is 4.04. The number of aryl methyl sites for hydroxylation is 1. The van der Waals surface area contributed by atoms with Crippen molar-refractivity contribution in [2.24, 2.45) is 18.0 Å². The second kappa shape index (κ2) is 13.4. The van der Waals surface area contributed by atoms with Crippen molar-refractivity contribution in [1.82, 2.24) is 20.0 Å². The highest BCUT2D eigenvalue weighted by Crippen LogP contribution is 2.18. The fourth-order valence-corrected chi connectivity index (χ4v) is 2.60. The third kappa shape index (κ3) is 9.21. The number of rotatable bonds is 10. The monoisotopic (exact) mass is 479 g/mol. The van der Waals surface area contributed by atoms with Gasteiger partial charge in [0.25, 0.3) is 0 Å². The van der Waals surface area contributed by atoms with Crippen molar-refractivity contribution in [3.05, 3.63) is 17.5 Å². The van der Waals surface area contributed by atoms with Gasteiger partial charge in [-0.1, -0.05) is 27.7 Å². The summed E-state index contributed by atoms with van der Waals surface area (Å²) in [6.07, 6.45) is 3.20. The highest BCUT2D eigenvalue weighted by atomic mass is 127. The summed E-state index contributed by atoms with van der Waals surface area (Å²) in [5.74, 6) is 2.01. The number of aliphatic imine (C=N–C) groups is 1. The Morgan fingerprint density at radius 2 is 2.00 bits per heavy atom. The van der Waals surface area contributed by atoms with Gasteiger partial charge >= 0.3 is 0 Å². The molecule has 7 heteroatoms. The second-order valence-electron chi connectivity index (χ2n) is 7.25. The molecule has 0 radical (unpaired) electrons. The molecule has 0 spiro atoms. The van der Waals surface area contributed by atoms with Crippen LogP contribution in [0.15, 0.2) is 11.2 Å². The Labute approximate surface area is 176 Å². The van der Waals surface area contributed by atoms with Crippen LogP contribution in [0.25, 0.3) is 0 Å². The van der Waals surface area contributed by atoms with Crippen LogP contribution in [0, 0.1) is 5.92 Å². The Morgan fingerprint density at radius 3 is 2.58 bits per heavy atom. The quantitative estimate of drug-likeness (QED) is 0.241. The van der Waals surface area contributed by atoms with Gasteiger partial charge in [-0.2, -0.15) is 5.10 Å². The minimum atomic E-state index is 0. The zero-order valence-corrected chi connectivity index (χ0v) is 19.9. The standard InChI is InChI=1S/C19H37N5O.HI/c1-8-20-19(21-10-12-25-11-9-15(2)3)23(6)13-17-14-24(7)22-18(17)16(4)5;/h14-16H,8-13H2,1-7H3,(H,20,21);1H. The molecule has 0 fully saturated rings. The molecule has 0 aliphatic heterocycles. The van der Waals surface area contributed by atoms with Gasteiger partial charge in [0, 0.05) is 45.6 Å². The normalized spacial score (nSPS) is 11.8. The van der Waals surface area contributed by atoms with Crippen LogP contribution in [0.4, 0.5) is 0 Å². The van der Waals surface area contributed by atoms with Crippen molar-refractivity contribution in [1.29, 1.82) is 0 Å². The summed E-state index contributed by atoms with van der Waals surface area (Å²) >= 11 is 0. The van der Waals surface area contributed by atoms with Gasteiger partial charge in [0.1, 0.15) is 0 Å². The zero-order valence-electron chi connectivity index (χ0n) is 17.6. The van der Waals surface area contributed by atoms with E-state index >= 15 is 0 Å². The molecule has 0 saturated heterocycles. The smallest absolute Gasteiger partial charge is 0.194 e. The van der Waals surface area contributed by atoms with Crippen molar-refractivity contribution in [3.63, 3.8) is 0 Å². The van der Waals surface area contributed by atoms with E-state index in [2.05, 4.69) is 68.2 Å². The molecular weight excluding hydrogens is 441 g/mol. The van der Waals surface area contributed by atoms with E-state index < -0.39 is 0 Å². The average Bonchev–Trinajstić information content (AvgIpc) is 2.89. The SMILES string of the molecule is CCNC(=NCCOCCC(C)C)N(C)Cc1cn(C)nc1C(C)C.I. The lowest BCUT2D eigenvalue weighted by molar-refractivity contribution is 0.130. The maximum absolute atomic E-state index is 5.66. The number of aromatic nitrogens is 2. The first kappa shape index (κ1) is 25.2. The van der Waals surface area contributed by atoms with E-state index in [1.54, 1.807) is 0 Å². The van der Waals surface area contributed by atoms with Crippen LogP contribution in [0.1, 0.15) is 58.2 Å². The predicted octanol–water partition coefficient (Wildman–Crippen LogP) is 3.62. The number of hydrogen-bond acceptors (Lipinski definition) is 3. The second-order valence-corrected chi connectivity index (χ2v) is 7.25. The van der Waals surface area contributed by atoms with Crippen LogP contribution in [-0.2, 0) is 18.3 Å². The van der Waals surface area contributed by atoms with E-state index in [1.165, 1.54) is 5.56 Å². The van der Waals surface area contributed by atoms with Gasteiger partial charge in [0.2, 0.25) is 0 Å². The van der Waals surface area contributed by atoms with Crippen molar-refractivity contribution < 1.29 is 4.74 Å². The van der Waals surface area contributed by atoms with Crippen molar-refractivity contribution >= 4 is 29.9 Å². The third-order valence-electron chi connectivity index (χ3n) is 3.92. The predicted molar refractivity (Wildman–Crippen MR) is 120 cm³/mol. The first-order chi connectivity index (χ1) is 11.8. The van der Waals surface area contributed by atoms with E-state index in [9.17, 15) is 0 Å². The van der Waals surface area contributed by atoms with Crippen LogP contribution in [-0.4, -0.2) is 54.0 Å². The summed E-state index contributed by atoms with van der Waals surface area (Å²) in [4.78, 5) is 6.84. The minimum Gasteiger partial charge on any atom is -0.380 e. The number of nitrogens with zero attached hydrogens (tertiary/aromatic N) is 4. The number of guanidine groups is 1. The summed E-state index contributed by atoms with van der Waals surface area (Å²) in [6, 6.07) is 0. The van der Waals surface area contributed by atoms with Crippen LogP contribution in [0.5, 0.6) is 0 Å². The molecule has 1 aromatic rings. The molecule has 0 aromatic carbocycles. The fraction of sp³-hybridized carbons (Fsp3) is 0.789. The average molecular weight is 479 g/mol.